The number of likely N-dealkylation sites (tertiary alicyclic amines) is 2. The smallest absolute Gasteiger partial charge is 0.222 e. The van der Waals surface area contributed by atoms with Crippen LogP contribution in [0.2, 0.25) is 0 Å². The normalized spacial score (nSPS) is 23.5. The molecule has 2 aliphatic rings. The third kappa shape index (κ3) is 4.45. The number of rotatable bonds is 5. The molecule has 1 spiro atoms. The highest BCUT2D eigenvalue weighted by Crippen LogP contribution is 2.39. The van der Waals surface area contributed by atoms with Gasteiger partial charge in [0.1, 0.15) is 0 Å². The van der Waals surface area contributed by atoms with E-state index in [1.54, 1.807) is 0 Å². The summed E-state index contributed by atoms with van der Waals surface area (Å²) in [5.74, 6) is 0.922. The molecule has 26 heavy (non-hydrogen) atoms. The molecule has 1 amide bonds. The molecule has 0 radical (unpaired) electrons. The topological polar surface area (TPSA) is 47.3 Å². The second-order valence-corrected chi connectivity index (χ2v) is 8.58. The first-order chi connectivity index (χ1) is 12.5. The zero-order valence-corrected chi connectivity index (χ0v) is 16.2. The summed E-state index contributed by atoms with van der Waals surface area (Å²) in [6.07, 6.45) is 5.18. The van der Waals surface area contributed by atoms with Crippen LogP contribution in [0.1, 0.15) is 57.1 Å². The first-order valence-electron chi connectivity index (χ1n) is 9.99. The Morgan fingerprint density at radius 3 is 2.81 bits per heavy atom. The van der Waals surface area contributed by atoms with Crippen molar-refractivity contribution in [1.82, 2.24) is 9.80 Å². The molecule has 1 aromatic rings. The van der Waals surface area contributed by atoms with Gasteiger partial charge in [-0.3, -0.25) is 9.69 Å². The molecule has 2 saturated heterocycles. The maximum Gasteiger partial charge on any atom is 0.222 e. The van der Waals surface area contributed by atoms with Crippen molar-refractivity contribution in [3.8, 4) is 6.07 Å². The van der Waals surface area contributed by atoms with E-state index in [1.165, 1.54) is 6.42 Å². The molecule has 140 valence electrons. The number of benzene rings is 1. The largest absolute Gasteiger partial charge is 0.342 e. The van der Waals surface area contributed by atoms with Crippen molar-refractivity contribution >= 4 is 5.91 Å². The Balaban J connectivity index is 1.59. The lowest BCUT2D eigenvalue weighted by Crippen LogP contribution is -2.47. The van der Waals surface area contributed by atoms with Gasteiger partial charge in [0.05, 0.1) is 11.6 Å². The van der Waals surface area contributed by atoms with Crippen LogP contribution in [0.4, 0.5) is 0 Å². The van der Waals surface area contributed by atoms with Gasteiger partial charge in [-0.1, -0.05) is 32.0 Å². The number of carbonyl (C=O) groups excluding carboxylic acids is 1. The van der Waals surface area contributed by atoms with E-state index < -0.39 is 0 Å². The van der Waals surface area contributed by atoms with Crippen LogP contribution >= 0.6 is 0 Å². The predicted molar refractivity (Wildman–Crippen MR) is 103 cm³/mol. The summed E-state index contributed by atoms with van der Waals surface area (Å²) >= 11 is 0. The van der Waals surface area contributed by atoms with E-state index in [4.69, 9.17) is 0 Å². The van der Waals surface area contributed by atoms with Crippen molar-refractivity contribution in [2.24, 2.45) is 11.3 Å². The van der Waals surface area contributed by atoms with Crippen molar-refractivity contribution in [3.05, 3.63) is 35.4 Å². The van der Waals surface area contributed by atoms with Gasteiger partial charge in [0, 0.05) is 38.0 Å². The summed E-state index contributed by atoms with van der Waals surface area (Å²) < 4.78 is 0. The predicted octanol–water partition coefficient (Wildman–Crippen LogP) is 3.81. The molecule has 2 heterocycles. The molecule has 0 bridgehead atoms. The van der Waals surface area contributed by atoms with E-state index >= 15 is 0 Å². The highest BCUT2D eigenvalue weighted by atomic mass is 16.2. The highest BCUT2D eigenvalue weighted by molar-refractivity contribution is 5.76. The minimum Gasteiger partial charge on any atom is -0.342 e. The number of amides is 1. The Bertz CT molecular complexity index is 678. The number of carbonyl (C=O) groups is 1. The molecule has 0 saturated carbocycles. The summed E-state index contributed by atoms with van der Waals surface area (Å²) in [5, 5.41) is 9.31. The quantitative estimate of drug-likeness (QED) is 0.809. The lowest BCUT2D eigenvalue weighted by molar-refractivity contribution is -0.134. The fourth-order valence-corrected chi connectivity index (χ4v) is 4.50. The van der Waals surface area contributed by atoms with Crippen molar-refractivity contribution < 1.29 is 4.79 Å². The van der Waals surface area contributed by atoms with Gasteiger partial charge in [-0.05, 0) is 49.8 Å². The molecule has 3 rings (SSSR count). The SMILES string of the molecule is CC(C)CCC(=O)N1CCC[C@@]2(CCN(Cc3ccccc3C#N)C2)C1. The Labute approximate surface area is 157 Å². The van der Waals surface area contributed by atoms with Crippen LogP contribution in [0.25, 0.3) is 0 Å². The molecule has 1 atom stereocenters. The summed E-state index contributed by atoms with van der Waals surface area (Å²) in [7, 11) is 0. The molecule has 2 aliphatic heterocycles. The van der Waals surface area contributed by atoms with Crippen LogP contribution in [0.5, 0.6) is 0 Å². The van der Waals surface area contributed by atoms with Crippen molar-refractivity contribution in [2.75, 3.05) is 26.2 Å². The van der Waals surface area contributed by atoms with Crippen LogP contribution in [0.15, 0.2) is 24.3 Å². The van der Waals surface area contributed by atoms with Gasteiger partial charge >= 0.3 is 0 Å². The monoisotopic (exact) mass is 353 g/mol. The Morgan fingerprint density at radius 2 is 2.04 bits per heavy atom. The van der Waals surface area contributed by atoms with E-state index in [9.17, 15) is 10.1 Å². The van der Waals surface area contributed by atoms with E-state index in [1.807, 2.05) is 18.2 Å². The molecule has 4 nitrogen and oxygen atoms in total. The Kier molecular flexibility index (Phi) is 5.98. The number of hydrogen-bond donors (Lipinski definition) is 0. The highest BCUT2D eigenvalue weighted by Gasteiger charge is 2.42. The average molecular weight is 354 g/mol. The van der Waals surface area contributed by atoms with E-state index in [2.05, 4.69) is 35.8 Å². The molecule has 2 fully saturated rings. The molecule has 4 heteroatoms. The number of hydrogen-bond acceptors (Lipinski definition) is 3. The fourth-order valence-electron chi connectivity index (χ4n) is 4.50. The van der Waals surface area contributed by atoms with Crippen LogP contribution in [-0.4, -0.2) is 41.9 Å². The van der Waals surface area contributed by atoms with Gasteiger partial charge in [-0.25, -0.2) is 0 Å². The van der Waals surface area contributed by atoms with Gasteiger partial charge in [0.2, 0.25) is 5.91 Å². The Hall–Kier alpha value is -1.86. The molecule has 0 N–H and O–H groups in total. The molecular weight excluding hydrogens is 322 g/mol. The summed E-state index contributed by atoms with van der Waals surface area (Å²) in [5.41, 5.74) is 2.16. The van der Waals surface area contributed by atoms with Crippen LogP contribution in [-0.2, 0) is 11.3 Å². The molecule has 0 unspecified atom stereocenters. The van der Waals surface area contributed by atoms with Crippen molar-refractivity contribution in [1.29, 1.82) is 5.26 Å². The lowest BCUT2D eigenvalue weighted by atomic mass is 9.79. The van der Waals surface area contributed by atoms with E-state index in [-0.39, 0.29) is 5.41 Å². The minimum atomic E-state index is 0.257. The van der Waals surface area contributed by atoms with Crippen LogP contribution in [0.3, 0.4) is 0 Å². The first kappa shape index (κ1) is 18.9. The second kappa shape index (κ2) is 8.22. The number of nitrogens with zero attached hydrogens (tertiary/aromatic N) is 3. The van der Waals surface area contributed by atoms with Gasteiger partial charge in [-0.15, -0.1) is 0 Å². The zero-order chi connectivity index (χ0) is 18.6. The number of piperidine rings is 1. The van der Waals surface area contributed by atoms with Gasteiger partial charge in [-0.2, -0.15) is 5.26 Å². The first-order valence-corrected chi connectivity index (χ1v) is 9.99. The maximum absolute atomic E-state index is 12.6. The van der Waals surface area contributed by atoms with Gasteiger partial charge in [0.15, 0.2) is 0 Å². The van der Waals surface area contributed by atoms with Gasteiger partial charge < -0.3 is 4.90 Å². The van der Waals surface area contributed by atoms with Crippen molar-refractivity contribution in [3.63, 3.8) is 0 Å². The summed E-state index contributed by atoms with van der Waals surface area (Å²) in [6, 6.07) is 10.2. The summed E-state index contributed by atoms with van der Waals surface area (Å²) in [6.45, 7) is 9.15. The second-order valence-electron chi connectivity index (χ2n) is 8.58. The van der Waals surface area contributed by atoms with Crippen molar-refractivity contribution in [2.45, 2.75) is 52.5 Å². The standard InChI is InChI=1S/C22H31N3O/c1-18(2)8-9-21(26)25-12-5-10-22(17-25)11-13-24(16-22)15-20-7-4-3-6-19(20)14-23/h3-4,6-7,18H,5,8-13,15-17H2,1-2H3/t22-/m0/s1. The summed E-state index contributed by atoms with van der Waals surface area (Å²) in [4.78, 5) is 17.2. The van der Waals surface area contributed by atoms with E-state index in [0.717, 1.165) is 63.1 Å². The van der Waals surface area contributed by atoms with Gasteiger partial charge in [0.25, 0.3) is 0 Å². The van der Waals surface area contributed by atoms with Crippen LogP contribution < -0.4 is 0 Å². The fraction of sp³-hybridized carbons (Fsp3) is 0.636. The molecule has 0 aromatic heterocycles. The van der Waals surface area contributed by atoms with Crippen LogP contribution in [0, 0.1) is 22.7 Å². The maximum atomic E-state index is 12.6. The van der Waals surface area contributed by atoms with E-state index in [0.29, 0.717) is 18.2 Å². The lowest BCUT2D eigenvalue weighted by Gasteiger charge is -2.40. The molecule has 1 aromatic carbocycles. The Morgan fingerprint density at radius 1 is 1.23 bits per heavy atom. The average Bonchev–Trinajstić information content (AvgIpc) is 3.01. The molecule has 0 aliphatic carbocycles. The number of nitriles is 1. The third-order valence-electron chi connectivity index (χ3n) is 6.00. The third-order valence-corrected chi connectivity index (χ3v) is 6.00. The minimum absolute atomic E-state index is 0.257. The zero-order valence-electron chi connectivity index (χ0n) is 16.2. The molecular formula is C22H31N3O.